The summed E-state index contributed by atoms with van der Waals surface area (Å²) in [5.41, 5.74) is 4.23. The summed E-state index contributed by atoms with van der Waals surface area (Å²) in [6, 6.07) is 17.4. The lowest BCUT2D eigenvalue weighted by molar-refractivity contribution is -0.115. The fourth-order valence-electron chi connectivity index (χ4n) is 2.71. The minimum atomic E-state index is -0.0413. The monoisotopic (exact) mass is 348 g/mol. The smallest absolute Gasteiger partial charge is 0.229 e. The van der Waals surface area contributed by atoms with E-state index < -0.39 is 0 Å². The first-order valence-electron chi connectivity index (χ1n) is 7.98. The molecule has 0 fully saturated rings. The number of hydrogen-bond acceptors (Lipinski definition) is 4. The van der Waals surface area contributed by atoms with Crippen LogP contribution in [0.3, 0.4) is 0 Å². The van der Waals surface area contributed by atoms with Crippen LogP contribution < -0.4 is 5.32 Å². The Labute approximate surface area is 149 Å². The molecule has 4 aromatic rings. The Kier molecular flexibility index (Phi) is 4.07. The number of amides is 1. The Morgan fingerprint density at radius 3 is 2.84 bits per heavy atom. The van der Waals surface area contributed by atoms with Gasteiger partial charge >= 0.3 is 0 Å². The van der Waals surface area contributed by atoms with Crippen molar-refractivity contribution in [3.8, 4) is 11.5 Å². The van der Waals surface area contributed by atoms with E-state index in [2.05, 4.69) is 10.3 Å². The summed E-state index contributed by atoms with van der Waals surface area (Å²) in [5.74, 6) is 0.551. The zero-order valence-corrected chi connectivity index (χ0v) is 14.5. The van der Waals surface area contributed by atoms with E-state index in [9.17, 15) is 4.79 Å². The third kappa shape index (κ3) is 3.32. The molecule has 2 heterocycles. The number of oxazole rings is 1. The van der Waals surface area contributed by atoms with Crippen LogP contribution in [0.1, 0.15) is 10.4 Å². The lowest BCUT2D eigenvalue weighted by Gasteiger charge is -2.03. The van der Waals surface area contributed by atoms with E-state index in [1.807, 2.05) is 66.9 Å². The minimum Gasteiger partial charge on any atom is -0.436 e. The largest absolute Gasteiger partial charge is 0.436 e. The molecule has 124 valence electrons. The van der Waals surface area contributed by atoms with Crippen LogP contribution in [0.15, 0.2) is 64.4 Å². The molecule has 0 aliphatic heterocycles. The van der Waals surface area contributed by atoms with Crippen LogP contribution >= 0.6 is 11.3 Å². The third-order valence-corrected chi connectivity index (χ3v) is 4.84. The second-order valence-corrected chi connectivity index (χ2v) is 6.85. The number of benzene rings is 2. The van der Waals surface area contributed by atoms with Gasteiger partial charge in [-0.3, -0.25) is 4.79 Å². The van der Waals surface area contributed by atoms with Crippen LogP contribution in [-0.2, 0) is 11.2 Å². The number of aromatic nitrogens is 1. The zero-order valence-electron chi connectivity index (χ0n) is 13.7. The maximum Gasteiger partial charge on any atom is 0.229 e. The summed E-state index contributed by atoms with van der Waals surface area (Å²) in [6.45, 7) is 2.03. The maximum atomic E-state index is 12.1. The van der Waals surface area contributed by atoms with E-state index in [1.54, 1.807) is 11.3 Å². The molecular formula is C20H16N2O2S. The van der Waals surface area contributed by atoms with Gasteiger partial charge in [0.2, 0.25) is 11.8 Å². The molecule has 0 bridgehead atoms. The summed E-state index contributed by atoms with van der Waals surface area (Å²) in [5, 5.41) is 4.88. The van der Waals surface area contributed by atoms with Crippen molar-refractivity contribution < 1.29 is 9.21 Å². The van der Waals surface area contributed by atoms with Gasteiger partial charge in [0.15, 0.2) is 5.58 Å². The van der Waals surface area contributed by atoms with Gasteiger partial charge in [-0.1, -0.05) is 24.3 Å². The van der Waals surface area contributed by atoms with Crippen LogP contribution in [-0.4, -0.2) is 10.9 Å². The number of carbonyl (C=O) groups excluding carboxylic acids is 1. The summed E-state index contributed by atoms with van der Waals surface area (Å²) < 4.78 is 5.90. The van der Waals surface area contributed by atoms with Crippen molar-refractivity contribution in [1.82, 2.24) is 4.98 Å². The number of nitrogens with zero attached hydrogens (tertiary/aromatic N) is 1. The fraction of sp³-hybridized carbons (Fsp3) is 0.100. The van der Waals surface area contributed by atoms with Crippen molar-refractivity contribution in [2.24, 2.45) is 0 Å². The Morgan fingerprint density at radius 1 is 1.16 bits per heavy atom. The fourth-order valence-corrected chi connectivity index (χ4v) is 3.41. The molecule has 4 nitrogen and oxygen atoms in total. The molecule has 1 N–H and O–H groups in total. The van der Waals surface area contributed by atoms with E-state index in [1.165, 1.54) is 0 Å². The number of fused-ring (bicyclic) bond motifs is 1. The average Bonchev–Trinajstić information content (AvgIpc) is 3.24. The molecule has 2 aromatic heterocycles. The molecule has 0 radical (unpaired) electrons. The molecular weight excluding hydrogens is 332 g/mol. The highest BCUT2D eigenvalue weighted by atomic mass is 32.1. The second-order valence-electron chi connectivity index (χ2n) is 5.82. The number of nitrogens with one attached hydrogen (secondary N) is 1. The number of anilines is 1. The Bertz CT molecular complexity index is 1030. The predicted molar refractivity (Wildman–Crippen MR) is 101 cm³/mol. The molecule has 0 aliphatic carbocycles. The Morgan fingerprint density at radius 2 is 2.04 bits per heavy atom. The van der Waals surface area contributed by atoms with Crippen LogP contribution in [0.2, 0.25) is 0 Å². The van der Waals surface area contributed by atoms with Crippen molar-refractivity contribution in [2.75, 3.05) is 5.32 Å². The lowest BCUT2D eigenvalue weighted by Crippen LogP contribution is -2.13. The van der Waals surface area contributed by atoms with E-state index in [-0.39, 0.29) is 5.91 Å². The highest BCUT2D eigenvalue weighted by molar-refractivity contribution is 7.10. The van der Waals surface area contributed by atoms with Crippen molar-refractivity contribution in [3.63, 3.8) is 0 Å². The SMILES string of the molecule is Cc1ccccc1-c1nc2ccc(NC(=O)Cc3cccs3)cc2o1. The van der Waals surface area contributed by atoms with E-state index in [4.69, 9.17) is 4.42 Å². The molecule has 0 unspecified atom stereocenters. The van der Waals surface area contributed by atoms with Gasteiger partial charge in [0.25, 0.3) is 0 Å². The molecule has 5 heteroatoms. The first-order valence-corrected chi connectivity index (χ1v) is 8.86. The maximum absolute atomic E-state index is 12.1. The van der Waals surface area contributed by atoms with Gasteiger partial charge in [0, 0.05) is 22.2 Å². The molecule has 0 spiro atoms. The Hall–Kier alpha value is -2.92. The number of hydrogen-bond donors (Lipinski definition) is 1. The van der Waals surface area contributed by atoms with Gasteiger partial charge in [0.05, 0.1) is 6.42 Å². The first-order chi connectivity index (χ1) is 12.2. The van der Waals surface area contributed by atoms with Crippen LogP contribution in [0.4, 0.5) is 5.69 Å². The summed E-state index contributed by atoms with van der Waals surface area (Å²) >= 11 is 1.58. The molecule has 0 saturated heterocycles. The van der Waals surface area contributed by atoms with E-state index in [0.29, 0.717) is 23.6 Å². The zero-order chi connectivity index (χ0) is 17.2. The van der Waals surface area contributed by atoms with Gasteiger partial charge in [-0.05, 0) is 42.1 Å². The summed E-state index contributed by atoms with van der Waals surface area (Å²) in [4.78, 5) is 17.7. The molecule has 4 rings (SSSR count). The molecule has 0 atom stereocenters. The molecule has 1 amide bonds. The van der Waals surface area contributed by atoms with Crippen LogP contribution in [0, 0.1) is 6.92 Å². The summed E-state index contributed by atoms with van der Waals surface area (Å²) in [6.07, 6.45) is 0.376. The standard InChI is InChI=1S/C20H16N2O2S/c1-13-5-2-3-7-16(13)20-22-17-9-8-14(11-18(17)24-20)21-19(23)12-15-6-4-10-25-15/h2-11H,12H2,1H3,(H,21,23). The first kappa shape index (κ1) is 15.6. The van der Waals surface area contributed by atoms with Gasteiger partial charge in [-0.25, -0.2) is 4.98 Å². The number of thiophene rings is 1. The van der Waals surface area contributed by atoms with Crippen molar-refractivity contribution >= 4 is 34.0 Å². The Balaban J connectivity index is 1.58. The van der Waals surface area contributed by atoms with E-state index >= 15 is 0 Å². The molecule has 0 aliphatic rings. The second kappa shape index (κ2) is 6.53. The topological polar surface area (TPSA) is 55.1 Å². The predicted octanol–water partition coefficient (Wildman–Crippen LogP) is 5.05. The van der Waals surface area contributed by atoms with Crippen molar-refractivity contribution in [1.29, 1.82) is 0 Å². The van der Waals surface area contributed by atoms with Gasteiger partial charge in [-0.2, -0.15) is 0 Å². The van der Waals surface area contributed by atoms with Gasteiger partial charge in [0.1, 0.15) is 5.52 Å². The average molecular weight is 348 g/mol. The minimum absolute atomic E-state index is 0.0413. The quantitative estimate of drug-likeness (QED) is 0.562. The van der Waals surface area contributed by atoms with Crippen molar-refractivity contribution in [3.05, 3.63) is 70.4 Å². The number of aryl methyl sites for hydroxylation is 1. The van der Waals surface area contributed by atoms with E-state index in [0.717, 1.165) is 21.5 Å². The number of carbonyl (C=O) groups is 1. The number of rotatable bonds is 4. The van der Waals surface area contributed by atoms with Gasteiger partial charge < -0.3 is 9.73 Å². The highest BCUT2D eigenvalue weighted by Crippen LogP contribution is 2.28. The normalized spacial score (nSPS) is 10.9. The van der Waals surface area contributed by atoms with Crippen LogP contribution in [0.5, 0.6) is 0 Å². The lowest BCUT2D eigenvalue weighted by atomic mass is 10.1. The third-order valence-electron chi connectivity index (χ3n) is 3.96. The highest BCUT2D eigenvalue weighted by Gasteiger charge is 2.11. The summed E-state index contributed by atoms with van der Waals surface area (Å²) in [7, 11) is 0. The molecule has 2 aromatic carbocycles. The van der Waals surface area contributed by atoms with Gasteiger partial charge in [-0.15, -0.1) is 11.3 Å². The van der Waals surface area contributed by atoms with Crippen molar-refractivity contribution in [2.45, 2.75) is 13.3 Å². The molecule has 25 heavy (non-hydrogen) atoms. The molecule has 0 saturated carbocycles. The van der Waals surface area contributed by atoms with Crippen LogP contribution in [0.25, 0.3) is 22.6 Å².